The van der Waals surface area contributed by atoms with E-state index in [4.69, 9.17) is 11.6 Å². The standard InChI is InChI=1S/C22H25ClN4O/c1-3-15(2)7-6-14-24-22(28)20-21(25-17-12-10-16(23)11-13-17)27-19-9-5-4-8-18(19)26-20/h4-5,8-13,15H,3,6-7,14H2,1-2H3,(H,24,28)(H,25,27). The van der Waals surface area contributed by atoms with E-state index in [9.17, 15) is 4.79 Å². The van der Waals surface area contributed by atoms with E-state index in [0.29, 0.717) is 28.8 Å². The van der Waals surface area contributed by atoms with Crippen LogP contribution in [0.4, 0.5) is 11.5 Å². The molecule has 3 rings (SSSR count). The number of anilines is 2. The first-order valence-corrected chi connectivity index (χ1v) is 10.0. The zero-order chi connectivity index (χ0) is 19.9. The maximum atomic E-state index is 12.8. The smallest absolute Gasteiger partial charge is 0.273 e. The van der Waals surface area contributed by atoms with Crippen molar-refractivity contribution in [3.8, 4) is 0 Å². The third kappa shape index (κ3) is 5.20. The summed E-state index contributed by atoms with van der Waals surface area (Å²) in [6.45, 7) is 5.03. The van der Waals surface area contributed by atoms with E-state index in [0.717, 1.165) is 30.5 Å². The molecule has 6 heteroatoms. The summed E-state index contributed by atoms with van der Waals surface area (Å²) in [6, 6.07) is 14.8. The molecule has 1 heterocycles. The molecule has 0 aliphatic carbocycles. The van der Waals surface area contributed by atoms with Crippen LogP contribution in [-0.2, 0) is 0 Å². The van der Waals surface area contributed by atoms with E-state index in [2.05, 4.69) is 34.4 Å². The molecule has 1 amide bonds. The number of nitrogens with one attached hydrogen (secondary N) is 2. The summed E-state index contributed by atoms with van der Waals surface area (Å²) in [5, 5.41) is 6.82. The number of halogens is 1. The van der Waals surface area contributed by atoms with Crippen LogP contribution in [0.3, 0.4) is 0 Å². The first-order chi connectivity index (χ1) is 13.6. The highest BCUT2D eigenvalue weighted by Gasteiger charge is 2.16. The highest BCUT2D eigenvalue weighted by atomic mass is 35.5. The third-order valence-corrected chi connectivity index (χ3v) is 5.00. The number of hydrogen-bond acceptors (Lipinski definition) is 4. The molecular weight excluding hydrogens is 372 g/mol. The lowest BCUT2D eigenvalue weighted by Gasteiger charge is -2.13. The van der Waals surface area contributed by atoms with Crippen LogP contribution in [0.25, 0.3) is 11.0 Å². The Morgan fingerprint density at radius 2 is 1.75 bits per heavy atom. The Morgan fingerprint density at radius 3 is 2.43 bits per heavy atom. The molecule has 5 nitrogen and oxygen atoms in total. The monoisotopic (exact) mass is 396 g/mol. The lowest BCUT2D eigenvalue weighted by molar-refractivity contribution is 0.0948. The number of benzene rings is 2. The van der Waals surface area contributed by atoms with Crippen molar-refractivity contribution in [2.24, 2.45) is 5.92 Å². The van der Waals surface area contributed by atoms with Crippen molar-refractivity contribution in [3.63, 3.8) is 0 Å². The minimum absolute atomic E-state index is 0.223. The third-order valence-electron chi connectivity index (χ3n) is 4.75. The van der Waals surface area contributed by atoms with Gasteiger partial charge in [0.25, 0.3) is 5.91 Å². The van der Waals surface area contributed by atoms with E-state index in [1.165, 1.54) is 0 Å². The summed E-state index contributed by atoms with van der Waals surface area (Å²) in [4.78, 5) is 22.0. The maximum Gasteiger partial charge on any atom is 0.273 e. The van der Waals surface area contributed by atoms with E-state index in [-0.39, 0.29) is 11.6 Å². The Kier molecular flexibility index (Phi) is 6.82. The summed E-state index contributed by atoms with van der Waals surface area (Å²) in [5.41, 5.74) is 2.50. The molecule has 2 aromatic carbocycles. The molecule has 1 aromatic heterocycles. The summed E-state index contributed by atoms with van der Waals surface area (Å²) in [7, 11) is 0. The van der Waals surface area contributed by atoms with Crippen LogP contribution in [0, 0.1) is 5.92 Å². The van der Waals surface area contributed by atoms with Gasteiger partial charge < -0.3 is 10.6 Å². The lowest BCUT2D eigenvalue weighted by atomic mass is 10.0. The summed E-state index contributed by atoms with van der Waals surface area (Å²) in [5.74, 6) is 0.874. The van der Waals surface area contributed by atoms with Gasteiger partial charge in [0.1, 0.15) is 0 Å². The van der Waals surface area contributed by atoms with Crippen molar-refractivity contribution in [1.29, 1.82) is 0 Å². The number of carbonyl (C=O) groups excluding carboxylic acids is 1. The number of nitrogens with zero attached hydrogens (tertiary/aromatic N) is 2. The summed E-state index contributed by atoms with van der Waals surface area (Å²) in [6.07, 6.45) is 3.19. The largest absolute Gasteiger partial charge is 0.351 e. The molecule has 0 fully saturated rings. The molecule has 3 aromatic rings. The highest BCUT2D eigenvalue weighted by Crippen LogP contribution is 2.22. The molecule has 0 saturated heterocycles. The van der Waals surface area contributed by atoms with Gasteiger partial charge in [0.15, 0.2) is 11.5 Å². The molecule has 0 bridgehead atoms. The van der Waals surface area contributed by atoms with Crippen molar-refractivity contribution in [1.82, 2.24) is 15.3 Å². The molecule has 0 aliphatic rings. The predicted molar refractivity (Wildman–Crippen MR) is 115 cm³/mol. The predicted octanol–water partition coefficient (Wildman–Crippen LogP) is 5.58. The van der Waals surface area contributed by atoms with Gasteiger partial charge in [0.2, 0.25) is 0 Å². The number of fused-ring (bicyclic) bond motifs is 1. The van der Waals surface area contributed by atoms with Crippen molar-refractivity contribution in [3.05, 3.63) is 59.2 Å². The second kappa shape index (κ2) is 9.51. The first-order valence-electron chi connectivity index (χ1n) is 9.64. The lowest BCUT2D eigenvalue weighted by Crippen LogP contribution is -2.27. The van der Waals surface area contributed by atoms with Crippen molar-refractivity contribution >= 4 is 40.0 Å². The molecule has 1 atom stereocenters. The minimum atomic E-state index is -0.223. The molecule has 0 saturated carbocycles. The maximum absolute atomic E-state index is 12.8. The topological polar surface area (TPSA) is 66.9 Å². The van der Waals surface area contributed by atoms with Gasteiger partial charge in [-0.3, -0.25) is 4.79 Å². The van der Waals surface area contributed by atoms with Gasteiger partial charge in [-0.1, -0.05) is 44.0 Å². The minimum Gasteiger partial charge on any atom is -0.351 e. The normalized spacial score (nSPS) is 12.0. The van der Waals surface area contributed by atoms with E-state index < -0.39 is 0 Å². The fraction of sp³-hybridized carbons (Fsp3) is 0.318. The number of aromatic nitrogens is 2. The van der Waals surface area contributed by atoms with E-state index in [1.807, 2.05) is 36.4 Å². The average Bonchev–Trinajstić information content (AvgIpc) is 2.72. The molecule has 0 aliphatic heterocycles. The van der Waals surface area contributed by atoms with Crippen LogP contribution in [0.15, 0.2) is 48.5 Å². The van der Waals surface area contributed by atoms with Gasteiger partial charge in [0, 0.05) is 17.3 Å². The van der Waals surface area contributed by atoms with Crippen LogP contribution in [0.5, 0.6) is 0 Å². The fourth-order valence-corrected chi connectivity index (χ4v) is 2.98. The van der Waals surface area contributed by atoms with Crippen LogP contribution < -0.4 is 10.6 Å². The second-order valence-corrected chi connectivity index (χ2v) is 7.39. The summed E-state index contributed by atoms with van der Waals surface area (Å²) >= 11 is 5.96. The van der Waals surface area contributed by atoms with Gasteiger partial charge in [-0.2, -0.15) is 0 Å². The fourth-order valence-electron chi connectivity index (χ4n) is 2.86. The van der Waals surface area contributed by atoms with Gasteiger partial charge in [0.05, 0.1) is 11.0 Å². The van der Waals surface area contributed by atoms with Crippen molar-refractivity contribution < 1.29 is 4.79 Å². The number of carbonyl (C=O) groups is 1. The molecular formula is C22H25ClN4O. The SMILES string of the molecule is CCC(C)CCCNC(=O)c1nc2ccccc2nc1Nc1ccc(Cl)cc1. The molecule has 146 valence electrons. The van der Waals surface area contributed by atoms with Crippen molar-refractivity contribution in [2.75, 3.05) is 11.9 Å². The van der Waals surface area contributed by atoms with Gasteiger partial charge in [-0.05, 0) is 55.2 Å². The average molecular weight is 397 g/mol. The number of amides is 1. The number of hydrogen-bond donors (Lipinski definition) is 2. The molecule has 1 unspecified atom stereocenters. The molecule has 2 N–H and O–H groups in total. The highest BCUT2D eigenvalue weighted by molar-refractivity contribution is 6.30. The second-order valence-electron chi connectivity index (χ2n) is 6.95. The van der Waals surface area contributed by atoms with Crippen LogP contribution in [-0.4, -0.2) is 22.4 Å². The van der Waals surface area contributed by atoms with Crippen LogP contribution in [0.2, 0.25) is 5.02 Å². The quantitative estimate of drug-likeness (QED) is 0.487. The Labute approximate surface area is 170 Å². The first kappa shape index (κ1) is 20.1. The summed E-state index contributed by atoms with van der Waals surface area (Å²) < 4.78 is 0. The van der Waals surface area contributed by atoms with E-state index in [1.54, 1.807) is 12.1 Å². The molecule has 0 radical (unpaired) electrons. The Balaban J connectivity index is 1.82. The Morgan fingerprint density at radius 1 is 1.07 bits per heavy atom. The number of para-hydroxylation sites is 2. The van der Waals surface area contributed by atoms with E-state index >= 15 is 0 Å². The van der Waals surface area contributed by atoms with Crippen LogP contribution >= 0.6 is 11.6 Å². The van der Waals surface area contributed by atoms with Gasteiger partial charge in [-0.15, -0.1) is 0 Å². The number of rotatable bonds is 8. The Hall–Kier alpha value is -2.66. The zero-order valence-corrected chi connectivity index (χ0v) is 17.0. The van der Waals surface area contributed by atoms with Gasteiger partial charge in [-0.25, -0.2) is 9.97 Å². The zero-order valence-electron chi connectivity index (χ0n) is 16.2. The van der Waals surface area contributed by atoms with Gasteiger partial charge >= 0.3 is 0 Å². The molecule has 28 heavy (non-hydrogen) atoms. The molecule has 0 spiro atoms. The Bertz CT molecular complexity index is 943. The van der Waals surface area contributed by atoms with Crippen molar-refractivity contribution in [2.45, 2.75) is 33.1 Å². The van der Waals surface area contributed by atoms with Crippen LogP contribution in [0.1, 0.15) is 43.6 Å².